The zero-order valence-electron chi connectivity index (χ0n) is 13.4. The molecule has 0 aliphatic heterocycles. The molecule has 25 heavy (non-hydrogen) atoms. The van der Waals surface area contributed by atoms with E-state index in [0.717, 1.165) is 24.3 Å². The Bertz CT molecular complexity index is 731. The van der Waals surface area contributed by atoms with Gasteiger partial charge in [-0.15, -0.1) is 0 Å². The molecule has 0 bridgehead atoms. The van der Waals surface area contributed by atoms with Crippen molar-refractivity contribution in [2.75, 3.05) is 11.9 Å². The van der Waals surface area contributed by atoms with Crippen molar-refractivity contribution in [1.82, 2.24) is 9.88 Å². The minimum absolute atomic E-state index is 0.163. The lowest BCUT2D eigenvalue weighted by molar-refractivity contribution is -0.137. The summed E-state index contributed by atoms with van der Waals surface area (Å²) < 4.78 is 37.5. The Labute approximate surface area is 142 Å². The summed E-state index contributed by atoms with van der Waals surface area (Å²) in [5, 5.41) is 2.47. The van der Waals surface area contributed by atoms with Crippen molar-refractivity contribution >= 4 is 17.5 Å². The number of hydrogen-bond donors (Lipinski definition) is 1. The second kappa shape index (κ2) is 7.78. The summed E-state index contributed by atoms with van der Waals surface area (Å²) >= 11 is 0. The Morgan fingerprint density at radius 2 is 1.80 bits per heavy atom. The van der Waals surface area contributed by atoms with Crippen molar-refractivity contribution < 1.29 is 22.8 Å². The molecule has 0 aliphatic carbocycles. The van der Waals surface area contributed by atoms with Gasteiger partial charge in [0.25, 0.3) is 0 Å². The number of amides is 2. The lowest BCUT2D eigenvalue weighted by Crippen LogP contribution is -2.36. The Kier molecular flexibility index (Phi) is 5.74. The molecule has 0 atom stereocenters. The van der Waals surface area contributed by atoms with Crippen molar-refractivity contribution in [2.24, 2.45) is 0 Å². The third-order valence-electron chi connectivity index (χ3n) is 3.35. The van der Waals surface area contributed by atoms with Crippen LogP contribution in [0, 0.1) is 0 Å². The zero-order valence-corrected chi connectivity index (χ0v) is 13.4. The summed E-state index contributed by atoms with van der Waals surface area (Å²) in [4.78, 5) is 29.1. The number of benzene rings is 1. The molecule has 1 N–H and O–H groups in total. The lowest BCUT2D eigenvalue weighted by atomic mass is 10.2. The maximum atomic E-state index is 12.5. The van der Waals surface area contributed by atoms with Gasteiger partial charge in [0, 0.05) is 18.8 Å². The van der Waals surface area contributed by atoms with Gasteiger partial charge < -0.3 is 10.2 Å². The number of pyridine rings is 1. The molecular formula is C17H16F3N3O2. The van der Waals surface area contributed by atoms with E-state index in [-0.39, 0.29) is 24.7 Å². The average Bonchev–Trinajstić information content (AvgIpc) is 2.54. The monoisotopic (exact) mass is 351 g/mol. The molecule has 0 saturated carbocycles. The van der Waals surface area contributed by atoms with Crippen molar-refractivity contribution in [1.29, 1.82) is 0 Å². The largest absolute Gasteiger partial charge is 0.416 e. The Morgan fingerprint density at radius 3 is 2.32 bits per heavy atom. The molecule has 0 fully saturated rings. The minimum Gasteiger partial charge on any atom is -0.328 e. The smallest absolute Gasteiger partial charge is 0.328 e. The molecule has 0 aliphatic rings. The topological polar surface area (TPSA) is 62.3 Å². The summed E-state index contributed by atoms with van der Waals surface area (Å²) in [6, 6.07) is 9.32. The van der Waals surface area contributed by atoms with Gasteiger partial charge in [0.15, 0.2) is 0 Å². The Morgan fingerprint density at radius 1 is 1.12 bits per heavy atom. The highest BCUT2D eigenvalue weighted by Gasteiger charge is 2.30. The van der Waals surface area contributed by atoms with E-state index in [9.17, 15) is 22.8 Å². The number of halogens is 3. The van der Waals surface area contributed by atoms with Crippen LogP contribution in [0.15, 0.2) is 48.7 Å². The summed E-state index contributed by atoms with van der Waals surface area (Å²) in [6.45, 7) is 1.26. The number of carbonyl (C=O) groups is 2. The molecule has 0 radical (unpaired) electrons. The van der Waals surface area contributed by atoms with Gasteiger partial charge >= 0.3 is 6.18 Å². The third kappa shape index (κ3) is 5.59. The van der Waals surface area contributed by atoms with Crippen LogP contribution in [0.5, 0.6) is 0 Å². The number of nitrogens with one attached hydrogen (secondary N) is 1. The SMILES string of the molecule is CC(=O)N(CC(=O)Nc1ccc(C(F)(F)F)cc1)Cc1ccccn1. The molecule has 2 aromatic rings. The van der Waals surface area contributed by atoms with Crippen molar-refractivity contribution in [3.8, 4) is 0 Å². The molecule has 2 rings (SSSR count). The summed E-state index contributed by atoms with van der Waals surface area (Å²) in [5.41, 5.74) is 0.0466. The quantitative estimate of drug-likeness (QED) is 0.900. The first-order valence-electron chi connectivity index (χ1n) is 7.38. The van der Waals surface area contributed by atoms with E-state index in [0.29, 0.717) is 5.69 Å². The fourth-order valence-corrected chi connectivity index (χ4v) is 2.08. The molecule has 0 spiro atoms. The van der Waals surface area contributed by atoms with E-state index in [1.807, 2.05) is 0 Å². The fraction of sp³-hybridized carbons (Fsp3) is 0.235. The highest BCUT2D eigenvalue weighted by atomic mass is 19.4. The first kappa shape index (κ1) is 18.4. The Hall–Kier alpha value is -2.90. The highest BCUT2D eigenvalue weighted by Crippen LogP contribution is 2.29. The molecule has 1 aromatic carbocycles. The van der Waals surface area contributed by atoms with Crippen LogP contribution >= 0.6 is 0 Å². The fourth-order valence-electron chi connectivity index (χ4n) is 2.08. The van der Waals surface area contributed by atoms with Crippen LogP contribution in [0.1, 0.15) is 18.2 Å². The number of rotatable bonds is 5. The summed E-state index contributed by atoms with van der Waals surface area (Å²) in [5.74, 6) is -0.820. The van der Waals surface area contributed by atoms with Crippen molar-refractivity contribution in [3.63, 3.8) is 0 Å². The van der Waals surface area contributed by atoms with Crippen LogP contribution in [0.25, 0.3) is 0 Å². The van der Waals surface area contributed by atoms with E-state index in [4.69, 9.17) is 0 Å². The van der Waals surface area contributed by atoms with Gasteiger partial charge in [0.1, 0.15) is 6.54 Å². The molecule has 5 nitrogen and oxygen atoms in total. The molecule has 1 aromatic heterocycles. The Balaban J connectivity index is 1.98. The van der Waals surface area contributed by atoms with E-state index in [2.05, 4.69) is 10.3 Å². The predicted molar refractivity (Wildman–Crippen MR) is 85.4 cm³/mol. The van der Waals surface area contributed by atoms with E-state index < -0.39 is 17.6 Å². The minimum atomic E-state index is -4.43. The number of aromatic nitrogens is 1. The number of anilines is 1. The highest BCUT2D eigenvalue weighted by molar-refractivity contribution is 5.94. The van der Waals surface area contributed by atoms with Crippen LogP contribution in [-0.2, 0) is 22.3 Å². The van der Waals surface area contributed by atoms with Gasteiger partial charge in [-0.1, -0.05) is 6.07 Å². The molecule has 0 unspecified atom stereocenters. The predicted octanol–water partition coefficient (Wildman–Crippen LogP) is 3.09. The van der Waals surface area contributed by atoms with E-state index in [1.54, 1.807) is 24.4 Å². The molecule has 132 valence electrons. The van der Waals surface area contributed by atoms with Crippen molar-refractivity contribution in [3.05, 3.63) is 59.9 Å². The average molecular weight is 351 g/mol. The van der Waals surface area contributed by atoms with Crippen LogP contribution in [-0.4, -0.2) is 28.2 Å². The molecule has 8 heteroatoms. The standard InChI is InChI=1S/C17H16F3N3O2/c1-12(24)23(10-15-4-2-3-9-21-15)11-16(25)22-14-7-5-13(6-8-14)17(18,19)20/h2-9H,10-11H2,1H3,(H,22,25). The van der Waals surface area contributed by atoms with Gasteiger partial charge in [-0.3, -0.25) is 14.6 Å². The lowest BCUT2D eigenvalue weighted by Gasteiger charge is -2.20. The van der Waals surface area contributed by atoms with Crippen LogP contribution in [0.3, 0.4) is 0 Å². The second-order valence-electron chi connectivity index (χ2n) is 5.32. The number of hydrogen-bond acceptors (Lipinski definition) is 3. The van der Waals surface area contributed by atoms with Gasteiger partial charge in [0.05, 0.1) is 17.8 Å². The van der Waals surface area contributed by atoms with Gasteiger partial charge in [0.2, 0.25) is 11.8 Å². The van der Waals surface area contributed by atoms with Crippen LogP contribution in [0.2, 0.25) is 0 Å². The van der Waals surface area contributed by atoms with Crippen LogP contribution < -0.4 is 5.32 Å². The first-order chi connectivity index (χ1) is 11.8. The molecule has 1 heterocycles. The van der Waals surface area contributed by atoms with Crippen LogP contribution in [0.4, 0.5) is 18.9 Å². The van der Waals surface area contributed by atoms with Crippen molar-refractivity contribution in [2.45, 2.75) is 19.6 Å². The number of carbonyl (C=O) groups excluding carboxylic acids is 2. The van der Waals surface area contributed by atoms with E-state index in [1.165, 1.54) is 11.8 Å². The number of nitrogens with zero attached hydrogens (tertiary/aromatic N) is 2. The maximum absolute atomic E-state index is 12.5. The maximum Gasteiger partial charge on any atom is 0.416 e. The zero-order chi connectivity index (χ0) is 18.4. The number of alkyl halides is 3. The molecule has 0 saturated heterocycles. The molecule has 2 amide bonds. The van der Waals surface area contributed by atoms with Gasteiger partial charge in [-0.2, -0.15) is 13.2 Å². The van der Waals surface area contributed by atoms with Gasteiger partial charge in [-0.25, -0.2) is 0 Å². The summed E-state index contributed by atoms with van der Waals surface area (Å²) in [6.07, 6.45) is -2.85. The first-order valence-corrected chi connectivity index (χ1v) is 7.38. The third-order valence-corrected chi connectivity index (χ3v) is 3.35. The van der Waals surface area contributed by atoms with Gasteiger partial charge in [-0.05, 0) is 36.4 Å². The van der Waals surface area contributed by atoms with E-state index >= 15 is 0 Å². The normalized spacial score (nSPS) is 11.0. The molecular weight excluding hydrogens is 335 g/mol. The second-order valence-corrected chi connectivity index (χ2v) is 5.32. The summed E-state index contributed by atoms with van der Waals surface area (Å²) in [7, 11) is 0.